The number of nitrogens with one attached hydrogen (secondary N) is 1. The van der Waals surface area contributed by atoms with Crippen LogP contribution in [0.2, 0.25) is 0 Å². The molecule has 0 spiro atoms. The fourth-order valence-electron chi connectivity index (χ4n) is 2.10. The molecule has 2 heterocycles. The molecule has 1 radical (unpaired) electrons. The van der Waals surface area contributed by atoms with E-state index >= 15 is 0 Å². The molecule has 0 aromatic carbocycles. The Balaban J connectivity index is 0.00000242. The summed E-state index contributed by atoms with van der Waals surface area (Å²) in [4.78, 5) is 20.7. The second-order valence-electron chi connectivity index (χ2n) is 5.10. The van der Waals surface area contributed by atoms with Crippen molar-refractivity contribution < 1.29 is 0 Å². The molecule has 0 aliphatic rings. The number of aromatic nitrogens is 4. The van der Waals surface area contributed by atoms with E-state index in [0.29, 0.717) is 15.9 Å². The van der Waals surface area contributed by atoms with Crippen molar-refractivity contribution in [3.8, 4) is 0 Å². The van der Waals surface area contributed by atoms with Gasteiger partial charge in [0, 0.05) is 35.3 Å². The third kappa shape index (κ3) is 5.37. The van der Waals surface area contributed by atoms with Gasteiger partial charge in [-0.25, -0.2) is 4.98 Å². The Kier molecular flexibility index (Phi) is 9.31. The molecule has 0 atom stereocenters. The summed E-state index contributed by atoms with van der Waals surface area (Å²) < 4.78 is 1.87. The quantitative estimate of drug-likeness (QED) is 0.421. The molecule has 0 aliphatic heterocycles. The van der Waals surface area contributed by atoms with E-state index in [1.54, 1.807) is 18.7 Å². The third-order valence-electron chi connectivity index (χ3n) is 3.32. The van der Waals surface area contributed by atoms with Crippen LogP contribution in [-0.4, -0.2) is 54.9 Å². The Morgan fingerprint density at radius 3 is 2.59 bits per heavy atom. The van der Waals surface area contributed by atoms with Crippen LogP contribution in [0.5, 0.6) is 0 Å². The molecular weight excluding hydrogens is 375 g/mol. The average Bonchev–Trinajstić information content (AvgIpc) is 2.87. The van der Waals surface area contributed by atoms with Crippen molar-refractivity contribution >= 4 is 63.0 Å². The maximum Gasteiger partial charge on any atom is 0.288 e. The van der Waals surface area contributed by atoms with Gasteiger partial charge in [0.2, 0.25) is 0 Å². The monoisotopic (exact) mass is 395 g/mol. The number of thioether (sulfide) groups is 1. The molecule has 0 saturated carbocycles. The second kappa shape index (κ2) is 10.1. The van der Waals surface area contributed by atoms with Gasteiger partial charge in [-0.1, -0.05) is 50.8 Å². The van der Waals surface area contributed by atoms with E-state index in [0.717, 1.165) is 10.9 Å². The first-order valence-electron chi connectivity index (χ1n) is 7.41. The summed E-state index contributed by atoms with van der Waals surface area (Å²) in [6.45, 7) is 4.02. The first-order chi connectivity index (χ1) is 10.1. The smallest absolute Gasteiger partial charge is 0.266 e. The van der Waals surface area contributed by atoms with Crippen molar-refractivity contribution in [3.05, 3.63) is 20.5 Å². The van der Waals surface area contributed by atoms with E-state index < -0.39 is 0 Å². The Morgan fingerprint density at radius 2 is 1.86 bits per heavy atom. The minimum absolute atomic E-state index is 0. The summed E-state index contributed by atoms with van der Waals surface area (Å²) in [6.07, 6.45) is 7.69. The second-order valence-corrected chi connectivity index (χ2v) is 6.97. The van der Waals surface area contributed by atoms with Crippen molar-refractivity contribution in [3.63, 3.8) is 0 Å². The third-order valence-corrected chi connectivity index (χ3v) is 5.18. The van der Waals surface area contributed by atoms with E-state index in [9.17, 15) is 4.79 Å². The molecule has 2 aromatic heterocycles. The molecule has 0 aliphatic carbocycles. The number of nitrogens with zero attached hydrogens (tertiary/aromatic N) is 3. The average molecular weight is 396 g/mol. The van der Waals surface area contributed by atoms with Crippen molar-refractivity contribution in [2.24, 2.45) is 0 Å². The normalized spacial score (nSPS) is 10.9. The fourth-order valence-corrected chi connectivity index (χ4v) is 3.21. The predicted molar refractivity (Wildman–Crippen MR) is 95.9 cm³/mol. The van der Waals surface area contributed by atoms with Gasteiger partial charge >= 0.3 is 0 Å². The van der Waals surface area contributed by atoms with Gasteiger partial charge in [-0.05, 0) is 29.3 Å². The Morgan fingerprint density at radius 1 is 1.18 bits per heavy atom. The molecule has 8 heteroatoms. The van der Waals surface area contributed by atoms with E-state index in [4.69, 9.17) is 0 Å². The van der Waals surface area contributed by atoms with Crippen LogP contribution in [0.3, 0.4) is 0 Å². The van der Waals surface area contributed by atoms with E-state index in [1.807, 2.05) is 0 Å². The van der Waals surface area contributed by atoms with Crippen LogP contribution in [0.15, 0.2) is 14.4 Å². The fraction of sp³-hybridized carbons (Fsp3) is 0.643. The molecule has 117 valence electrons. The summed E-state index contributed by atoms with van der Waals surface area (Å²) in [6, 6.07) is 0. The zero-order valence-electron chi connectivity index (χ0n) is 13.5. The van der Waals surface area contributed by atoms with E-state index in [-0.39, 0.29) is 35.1 Å². The number of aryl methyl sites for hydroxylation is 1. The van der Waals surface area contributed by atoms with Crippen LogP contribution in [0.1, 0.15) is 51.1 Å². The maximum absolute atomic E-state index is 12.0. The van der Waals surface area contributed by atoms with Gasteiger partial charge in [0.05, 0.1) is 5.69 Å². The van der Waals surface area contributed by atoms with Gasteiger partial charge in [0.25, 0.3) is 11.3 Å². The predicted octanol–water partition coefficient (Wildman–Crippen LogP) is 3.56. The number of halogens is 1. The topological polar surface area (TPSA) is 63.1 Å². The van der Waals surface area contributed by atoms with Gasteiger partial charge in [-0.15, -0.1) is 0 Å². The summed E-state index contributed by atoms with van der Waals surface area (Å²) in [5.74, 6) is 1.45. The van der Waals surface area contributed by atoms with Gasteiger partial charge in [0.15, 0.2) is 5.16 Å². The molecule has 0 bridgehead atoms. The zero-order chi connectivity index (χ0) is 15.2. The molecule has 0 unspecified atom stereocenters. The molecule has 5 nitrogen and oxygen atoms in total. The molecule has 22 heavy (non-hydrogen) atoms. The van der Waals surface area contributed by atoms with E-state index in [1.165, 1.54) is 43.0 Å². The van der Waals surface area contributed by atoms with Crippen LogP contribution < -0.4 is 5.56 Å². The van der Waals surface area contributed by atoms with Gasteiger partial charge in [-0.3, -0.25) is 9.89 Å². The van der Waals surface area contributed by atoms with Gasteiger partial charge in [-0.2, -0.15) is 9.50 Å². The molecule has 2 rings (SSSR count). The van der Waals surface area contributed by atoms with Crippen LogP contribution in [0.4, 0.5) is 0 Å². The van der Waals surface area contributed by atoms with Crippen LogP contribution in [-0.2, 0) is 0 Å². The zero-order valence-corrected chi connectivity index (χ0v) is 17.9. The summed E-state index contributed by atoms with van der Waals surface area (Å²) in [7, 11) is 0. The molecule has 0 fully saturated rings. The number of hydrogen-bond donors (Lipinski definition) is 1. The summed E-state index contributed by atoms with van der Waals surface area (Å²) >= 11 is 4.90. The molecule has 0 saturated heterocycles. The van der Waals surface area contributed by atoms with Crippen molar-refractivity contribution in [2.75, 3.05) is 5.75 Å². The number of hydrogen-bond acceptors (Lipinski definition) is 4. The maximum atomic E-state index is 12.0. The first-order valence-corrected chi connectivity index (χ1v) is 9.19. The minimum atomic E-state index is -0.142. The number of aromatic amines is 1. The van der Waals surface area contributed by atoms with E-state index in [2.05, 4.69) is 37.9 Å². The van der Waals surface area contributed by atoms with Crippen LogP contribution in [0, 0.1) is 6.92 Å². The van der Waals surface area contributed by atoms with Crippen LogP contribution >= 0.6 is 27.7 Å². The number of rotatable bonds is 8. The molecule has 1 N–H and O–H groups in total. The summed E-state index contributed by atoms with van der Waals surface area (Å²) in [5, 5.41) is 3.76. The number of fused-ring (bicyclic) bond motifs is 1. The van der Waals surface area contributed by atoms with Crippen molar-refractivity contribution in [1.82, 2.24) is 19.6 Å². The Labute approximate surface area is 165 Å². The minimum Gasteiger partial charge on any atom is -0.266 e. The molecular formula is C14H21BrN4NaOS. The first kappa shape index (κ1) is 20.2. The largest absolute Gasteiger partial charge is 0.288 e. The molecule has 0 amide bonds. The van der Waals surface area contributed by atoms with Gasteiger partial charge in [0.1, 0.15) is 4.47 Å². The Bertz CT molecular complexity index is 658. The molecule has 2 aromatic rings. The van der Waals surface area contributed by atoms with Crippen LogP contribution in [0.25, 0.3) is 5.78 Å². The van der Waals surface area contributed by atoms with Crippen molar-refractivity contribution in [1.29, 1.82) is 0 Å². The van der Waals surface area contributed by atoms with Crippen molar-refractivity contribution in [2.45, 2.75) is 57.5 Å². The number of unbranched alkanes of at least 4 members (excludes halogenated alkanes) is 5. The van der Waals surface area contributed by atoms with Gasteiger partial charge < -0.3 is 0 Å². The SMILES string of the molecule is CCCCCCCCSc1nc2nc(C)c(Br)c(=O)n2[nH]1.[Na]. The number of H-pyrrole nitrogens is 1. The summed E-state index contributed by atoms with van der Waals surface area (Å²) in [5.41, 5.74) is 0.524. The standard InChI is InChI=1S/C14H21BrN4OS.Na/c1-3-4-5-6-7-8-9-21-14-17-13-16-10(2)11(15)12(20)19(13)18-14;/h3-9H2,1-2H3,(H,16,17,18);. The Hall–Kier alpha value is 0.180.